The van der Waals surface area contributed by atoms with E-state index in [-0.39, 0.29) is 6.10 Å². The summed E-state index contributed by atoms with van der Waals surface area (Å²) in [5.74, 6) is 5.68. The van der Waals surface area contributed by atoms with Crippen molar-refractivity contribution in [3.8, 4) is 0 Å². The molecular formula is C15H26OSi. The molecule has 8 atom stereocenters. The molecule has 4 aliphatic rings. The zero-order chi connectivity index (χ0) is 11.9. The molecule has 17 heavy (non-hydrogen) atoms. The Balaban J connectivity index is 1.65. The molecule has 2 heteroatoms. The summed E-state index contributed by atoms with van der Waals surface area (Å²) in [5, 5.41) is 10.1. The minimum absolute atomic E-state index is 0.0749. The molecule has 0 spiro atoms. The zero-order valence-corrected chi connectivity index (χ0v) is 12.4. The minimum Gasteiger partial charge on any atom is -0.393 e. The lowest BCUT2D eigenvalue weighted by molar-refractivity contribution is 0.0287. The van der Waals surface area contributed by atoms with Gasteiger partial charge in [0.1, 0.15) is 0 Å². The molecule has 8 unspecified atom stereocenters. The van der Waals surface area contributed by atoms with Crippen molar-refractivity contribution in [2.24, 2.45) is 35.5 Å². The summed E-state index contributed by atoms with van der Waals surface area (Å²) < 4.78 is 0. The second-order valence-corrected chi connectivity index (χ2v) is 14.0. The van der Waals surface area contributed by atoms with Crippen LogP contribution in [0.2, 0.25) is 25.2 Å². The Morgan fingerprint density at radius 2 is 1.41 bits per heavy atom. The summed E-state index contributed by atoms with van der Waals surface area (Å²) in [7, 11) is -0.945. The highest BCUT2D eigenvalue weighted by Gasteiger charge is 2.65. The Bertz CT molecular complexity index is 347. The lowest BCUT2D eigenvalue weighted by Gasteiger charge is -2.44. The number of fused-ring (bicyclic) bond motifs is 9. The van der Waals surface area contributed by atoms with E-state index in [0.29, 0.717) is 5.92 Å². The van der Waals surface area contributed by atoms with Gasteiger partial charge in [0, 0.05) is 8.07 Å². The summed E-state index contributed by atoms with van der Waals surface area (Å²) in [5.41, 5.74) is 1.10. The predicted octanol–water partition coefficient (Wildman–Crippen LogP) is 3.37. The van der Waals surface area contributed by atoms with E-state index in [2.05, 4.69) is 19.6 Å². The maximum atomic E-state index is 10.1. The van der Waals surface area contributed by atoms with E-state index < -0.39 is 8.07 Å². The van der Waals surface area contributed by atoms with Crippen molar-refractivity contribution in [3.05, 3.63) is 0 Å². The standard InChI is InChI=1S/C15H26OSi/c1-17(2,3)13-7-9-5-11(13)15-8-4-10(14(9)15)12(16)6-8/h8-16H,4-7H2,1-3H3. The molecule has 4 aliphatic carbocycles. The van der Waals surface area contributed by atoms with Gasteiger partial charge in [-0.1, -0.05) is 19.6 Å². The summed E-state index contributed by atoms with van der Waals surface area (Å²) in [6.45, 7) is 7.74. The van der Waals surface area contributed by atoms with Gasteiger partial charge in [-0.3, -0.25) is 0 Å². The van der Waals surface area contributed by atoms with Crippen LogP contribution in [0.1, 0.15) is 25.7 Å². The molecule has 0 aromatic rings. The molecule has 0 aliphatic heterocycles. The van der Waals surface area contributed by atoms with Crippen LogP contribution in [0.25, 0.3) is 0 Å². The summed E-state index contributed by atoms with van der Waals surface area (Å²) >= 11 is 0. The highest BCUT2D eigenvalue weighted by molar-refractivity contribution is 6.77. The van der Waals surface area contributed by atoms with Crippen molar-refractivity contribution in [3.63, 3.8) is 0 Å². The summed E-state index contributed by atoms with van der Waals surface area (Å²) in [4.78, 5) is 0. The van der Waals surface area contributed by atoms with Crippen molar-refractivity contribution in [2.45, 2.75) is 57.0 Å². The van der Waals surface area contributed by atoms with Gasteiger partial charge in [-0.2, -0.15) is 0 Å². The Labute approximate surface area is 106 Å². The highest BCUT2D eigenvalue weighted by Crippen LogP contribution is 2.71. The number of rotatable bonds is 1. The van der Waals surface area contributed by atoms with Gasteiger partial charge in [-0.05, 0) is 66.7 Å². The van der Waals surface area contributed by atoms with Crippen molar-refractivity contribution in [2.75, 3.05) is 0 Å². The molecule has 4 saturated carbocycles. The zero-order valence-electron chi connectivity index (χ0n) is 11.4. The fraction of sp³-hybridized carbons (Fsp3) is 1.00. The molecule has 0 aromatic carbocycles. The molecule has 4 fully saturated rings. The van der Waals surface area contributed by atoms with E-state index in [1.807, 2.05) is 0 Å². The minimum atomic E-state index is -0.945. The van der Waals surface area contributed by atoms with Crippen LogP contribution >= 0.6 is 0 Å². The third-order valence-electron chi connectivity index (χ3n) is 6.90. The lowest BCUT2D eigenvalue weighted by Crippen LogP contribution is -2.42. The van der Waals surface area contributed by atoms with Crippen LogP contribution in [0, 0.1) is 35.5 Å². The maximum Gasteiger partial charge on any atom is 0.0574 e. The highest BCUT2D eigenvalue weighted by atomic mass is 28.3. The molecule has 96 valence electrons. The quantitative estimate of drug-likeness (QED) is 0.559. The van der Waals surface area contributed by atoms with Crippen molar-refractivity contribution in [1.29, 1.82) is 0 Å². The smallest absolute Gasteiger partial charge is 0.0574 e. The molecule has 0 saturated heterocycles. The van der Waals surface area contributed by atoms with Gasteiger partial charge in [0.2, 0.25) is 0 Å². The van der Waals surface area contributed by atoms with Gasteiger partial charge in [0.25, 0.3) is 0 Å². The van der Waals surface area contributed by atoms with E-state index in [0.717, 1.165) is 41.6 Å². The van der Waals surface area contributed by atoms with Gasteiger partial charge in [-0.25, -0.2) is 0 Å². The largest absolute Gasteiger partial charge is 0.393 e. The number of hydrogen-bond acceptors (Lipinski definition) is 1. The van der Waals surface area contributed by atoms with Crippen LogP contribution < -0.4 is 0 Å². The molecule has 0 radical (unpaired) electrons. The van der Waals surface area contributed by atoms with Crippen molar-refractivity contribution in [1.82, 2.24) is 0 Å². The normalized spacial score (nSPS) is 60.0. The van der Waals surface area contributed by atoms with E-state index in [4.69, 9.17) is 0 Å². The molecule has 4 bridgehead atoms. The molecule has 1 N–H and O–H groups in total. The Morgan fingerprint density at radius 3 is 2.12 bits per heavy atom. The van der Waals surface area contributed by atoms with E-state index in [1.54, 1.807) is 0 Å². The average Bonchev–Trinajstić information content (AvgIpc) is 2.89. The molecule has 0 amide bonds. The van der Waals surface area contributed by atoms with Crippen LogP contribution in [0.3, 0.4) is 0 Å². The lowest BCUT2D eigenvalue weighted by atomic mass is 9.70. The van der Waals surface area contributed by atoms with Crippen LogP contribution in [-0.2, 0) is 0 Å². The molecule has 4 rings (SSSR count). The predicted molar refractivity (Wildman–Crippen MR) is 72.5 cm³/mol. The van der Waals surface area contributed by atoms with E-state index in [9.17, 15) is 5.11 Å². The second-order valence-electron chi connectivity index (χ2n) is 8.49. The average molecular weight is 250 g/mol. The fourth-order valence-corrected chi connectivity index (χ4v) is 9.21. The summed E-state index contributed by atoms with van der Waals surface area (Å²) in [6, 6.07) is 0. The Kier molecular flexibility index (Phi) is 2.07. The first kappa shape index (κ1) is 11.0. The SMILES string of the molecule is C[Si](C)(C)C1CC2CC1C1C3CC(O)C(C3)C21. The first-order chi connectivity index (χ1) is 7.97. The summed E-state index contributed by atoms with van der Waals surface area (Å²) in [6.07, 6.45) is 5.66. The van der Waals surface area contributed by atoms with Crippen molar-refractivity contribution >= 4 is 8.07 Å². The van der Waals surface area contributed by atoms with Crippen LogP contribution in [0.5, 0.6) is 0 Å². The van der Waals surface area contributed by atoms with Gasteiger partial charge in [-0.15, -0.1) is 0 Å². The first-order valence-electron chi connectivity index (χ1n) is 7.65. The topological polar surface area (TPSA) is 20.2 Å². The Morgan fingerprint density at radius 1 is 0.824 bits per heavy atom. The monoisotopic (exact) mass is 250 g/mol. The van der Waals surface area contributed by atoms with Gasteiger partial charge in [0.05, 0.1) is 6.10 Å². The fourth-order valence-electron chi connectivity index (χ4n) is 6.56. The number of aliphatic hydroxyl groups excluding tert-OH is 1. The third kappa shape index (κ3) is 1.29. The number of aliphatic hydroxyl groups is 1. The second kappa shape index (κ2) is 3.19. The van der Waals surface area contributed by atoms with Crippen LogP contribution in [0.4, 0.5) is 0 Å². The van der Waals surface area contributed by atoms with Crippen LogP contribution in [0.15, 0.2) is 0 Å². The Hall–Kier alpha value is 0.177. The molecular weight excluding hydrogens is 224 g/mol. The van der Waals surface area contributed by atoms with Gasteiger partial charge >= 0.3 is 0 Å². The van der Waals surface area contributed by atoms with E-state index in [1.165, 1.54) is 19.3 Å². The van der Waals surface area contributed by atoms with Gasteiger partial charge < -0.3 is 5.11 Å². The molecule has 1 nitrogen and oxygen atoms in total. The van der Waals surface area contributed by atoms with Crippen LogP contribution in [-0.4, -0.2) is 19.3 Å². The van der Waals surface area contributed by atoms with Gasteiger partial charge in [0.15, 0.2) is 0 Å². The number of hydrogen-bond donors (Lipinski definition) is 1. The third-order valence-corrected chi connectivity index (χ3v) is 9.78. The van der Waals surface area contributed by atoms with E-state index >= 15 is 0 Å². The van der Waals surface area contributed by atoms with Crippen molar-refractivity contribution < 1.29 is 5.11 Å². The molecule has 0 heterocycles. The maximum absolute atomic E-state index is 10.1. The molecule has 0 aromatic heterocycles. The first-order valence-corrected chi connectivity index (χ1v) is 11.2.